The van der Waals surface area contributed by atoms with Crippen molar-refractivity contribution < 1.29 is 0 Å². The zero-order valence-electron chi connectivity index (χ0n) is 12.8. The minimum absolute atomic E-state index is 0.0771. The zero-order chi connectivity index (χ0) is 14.7. The fraction of sp³-hybridized carbons (Fsp3) is 0.688. The molecule has 0 bridgehead atoms. The zero-order valence-corrected chi connectivity index (χ0v) is 12.8. The van der Waals surface area contributed by atoms with Crippen LogP contribution in [-0.2, 0) is 12.8 Å². The maximum atomic E-state index is 9.29. The molecule has 1 unspecified atom stereocenters. The van der Waals surface area contributed by atoms with Crippen LogP contribution in [0.25, 0.3) is 0 Å². The molecule has 1 aromatic heterocycles. The van der Waals surface area contributed by atoms with Gasteiger partial charge in [-0.15, -0.1) is 0 Å². The van der Waals surface area contributed by atoms with E-state index in [2.05, 4.69) is 32.8 Å². The normalized spacial score (nSPS) is 20.1. The Kier molecular flexibility index (Phi) is 4.35. The molecule has 0 spiro atoms. The minimum atomic E-state index is 0.0771. The summed E-state index contributed by atoms with van der Waals surface area (Å²) in [5, 5.41) is 9.29. The first-order chi connectivity index (χ1) is 10.3. The molecule has 2 aliphatic rings. The van der Waals surface area contributed by atoms with Crippen LogP contribution >= 0.6 is 0 Å². The molecule has 5 heteroatoms. The Morgan fingerprint density at radius 3 is 2.76 bits per heavy atom. The fourth-order valence-corrected chi connectivity index (χ4v) is 3.46. The number of nitriles is 1. The highest BCUT2D eigenvalue weighted by Crippen LogP contribution is 2.28. The Hall–Kier alpha value is -1.67. The van der Waals surface area contributed by atoms with E-state index in [0.717, 1.165) is 57.7 Å². The van der Waals surface area contributed by atoms with Crippen molar-refractivity contribution in [2.24, 2.45) is 0 Å². The number of piperazine rings is 1. The van der Waals surface area contributed by atoms with E-state index in [4.69, 9.17) is 0 Å². The van der Waals surface area contributed by atoms with Gasteiger partial charge < -0.3 is 4.90 Å². The average Bonchev–Trinajstić information content (AvgIpc) is 3.01. The molecule has 0 N–H and O–H groups in total. The Labute approximate surface area is 126 Å². The van der Waals surface area contributed by atoms with Gasteiger partial charge >= 0.3 is 0 Å². The van der Waals surface area contributed by atoms with Gasteiger partial charge in [-0.1, -0.05) is 13.3 Å². The molecule has 21 heavy (non-hydrogen) atoms. The number of aromatic nitrogens is 2. The van der Waals surface area contributed by atoms with E-state index in [9.17, 15) is 5.26 Å². The number of aryl methyl sites for hydroxylation is 1. The Balaban J connectivity index is 1.67. The topological polar surface area (TPSA) is 56.1 Å². The maximum absolute atomic E-state index is 9.29. The predicted octanol–water partition coefficient (Wildman–Crippen LogP) is 1.78. The van der Waals surface area contributed by atoms with Crippen molar-refractivity contribution in [3.63, 3.8) is 0 Å². The molecule has 5 nitrogen and oxygen atoms in total. The maximum Gasteiger partial charge on any atom is 0.135 e. The number of nitrogens with zero attached hydrogens (tertiary/aromatic N) is 5. The summed E-state index contributed by atoms with van der Waals surface area (Å²) in [7, 11) is 0. The minimum Gasteiger partial charge on any atom is -0.354 e. The van der Waals surface area contributed by atoms with Crippen molar-refractivity contribution in [3.8, 4) is 6.07 Å². The second kappa shape index (κ2) is 6.40. The Morgan fingerprint density at radius 2 is 2.05 bits per heavy atom. The van der Waals surface area contributed by atoms with Crippen LogP contribution in [0.1, 0.15) is 37.4 Å². The highest BCUT2D eigenvalue weighted by molar-refractivity contribution is 5.50. The molecule has 1 atom stereocenters. The van der Waals surface area contributed by atoms with Gasteiger partial charge in [0.15, 0.2) is 0 Å². The highest BCUT2D eigenvalue weighted by atomic mass is 15.3. The molecule has 1 saturated heterocycles. The third-order valence-corrected chi connectivity index (χ3v) is 4.62. The third kappa shape index (κ3) is 2.86. The first kappa shape index (κ1) is 14.3. The molecule has 1 fully saturated rings. The fourth-order valence-electron chi connectivity index (χ4n) is 3.46. The molecule has 2 heterocycles. The summed E-state index contributed by atoms with van der Waals surface area (Å²) >= 11 is 0. The van der Waals surface area contributed by atoms with Crippen molar-refractivity contribution in [1.82, 2.24) is 14.9 Å². The van der Waals surface area contributed by atoms with Crippen LogP contribution in [0.2, 0.25) is 0 Å². The quantitative estimate of drug-likeness (QED) is 0.844. The van der Waals surface area contributed by atoms with Gasteiger partial charge in [-0.25, -0.2) is 9.97 Å². The van der Waals surface area contributed by atoms with E-state index in [-0.39, 0.29) is 6.04 Å². The second-order valence-corrected chi connectivity index (χ2v) is 5.93. The van der Waals surface area contributed by atoms with Gasteiger partial charge in [-0.2, -0.15) is 5.26 Å². The predicted molar refractivity (Wildman–Crippen MR) is 82.2 cm³/mol. The molecule has 0 radical (unpaired) electrons. The highest BCUT2D eigenvalue weighted by Gasteiger charge is 2.26. The van der Waals surface area contributed by atoms with Crippen LogP contribution in [0.15, 0.2) is 6.33 Å². The molecule has 1 aliphatic heterocycles. The third-order valence-electron chi connectivity index (χ3n) is 4.62. The van der Waals surface area contributed by atoms with Crippen molar-refractivity contribution >= 4 is 5.82 Å². The van der Waals surface area contributed by atoms with E-state index < -0.39 is 0 Å². The van der Waals surface area contributed by atoms with Crippen molar-refractivity contribution in [1.29, 1.82) is 5.26 Å². The summed E-state index contributed by atoms with van der Waals surface area (Å²) in [6.07, 6.45) is 7.16. The molecule has 112 valence electrons. The number of fused-ring (bicyclic) bond motifs is 1. The smallest absolute Gasteiger partial charge is 0.135 e. The summed E-state index contributed by atoms with van der Waals surface area (Å²) < 4.78 is 0. The number of hydrogen-bond donors (Lipinski definition) is 0. The van der Waals surface area contributed by atoms with Gasteiger partial charge in [-0.3, -0.25) is 4.90 Å². The first-order valence-corrected chi connectivity index (χ1v) is 8.05. The summed E-state index contributed by atoms with van der Waals surface area (Å²) in [6, 6.07) is 2.53. The van der Waals surface area contributed by atoms with Crippen LogP contribution < -0.4 is 4.90 Å². The van der Waals surface area contributed by atoms with Gasteiger partial charge in [0.25, 0.3) is 0 Å². The van der Waals surface area contributed by atoms with E-state index in [0.29, 0.717) is 0 Å². The SMILES string of the molecule is CCCC(C#N)N1CCN(c2ncnc3c2CCC3)CC1. The summed E-state index contributed by atoms with van der Waals surface area (Å²) in [5.74, 6) is 1.14. The lowest BCUT2D eigenvalue weighted by atomic mass is 10.1. The second-order valence-electron chi connectivity index (χ2n) is 5.93. The molecule has 1 aromatic rings. The standard InChI is InChI=1S/C16H23N5/c1-2-4-13(11-17)20-7-9-21(10-8-20)16-14-5-3-6-15(14)18-12-19-16/h12-13H,2-10H2,1H3. The lowest BCUT2D eigenvalue weighted by Crippen LogP contribution is -2.50. The molecule has 1 aliphatic carbocycles. The van der Waals surface area contributed by atoms with Gasteiger partial charge in [-0.05, 0) is 25.7 Å². The van der Waals surface area contributed by atoms with Gasteiger partial charge in [0.2, 0.25) is 0 Å². The van der Waals surface area contributed by atoms with Gasteiger partial charge in [0.05, 0.1) is 12.1 Å². The van der Waals surface area contributed by atoms with Gasteiger partial charge in [0, 0.05) is 37.4 Å². The summed E-state index contributed by atoms with van der Waals surface area (Å²) in [6.45, 7) is 5.98. The van der Waals surface area contributed by atoms with Crippen molar-refractivity contribution in [2.75, 3.05) is 31.1 Å². The lowest BCUT2D eigenvalue weighted by molar-refractivity contribution is 0.211. The van der Waals surface area contributed by atoms with E-state index >= 15 is 0 Å². The number of rotatable bonds is 4. The monoisotopic (exact) mass is 285 g/mol. The molecule has 0 amide bonds. The molecule has 0 saturated carbocycles. The van der Waals surface area contributed by atoms with Crippen LogP contribution in [0, 0.1) is 11.3 Å². The van der Waals surface area contributed by atoms with Crippen LogP contribution in [0.5, 0.6) is 0 Å². The molecular formula is C16H23N5. The Bertz CT molecular complexity index is 528. The molecule has 3 rings (SSSR count). The molecular weight excluding hydrogens is 262 g/mol. The van der Waals surface area contributed by atoms with E-state index in [1.165, 1.54) is 17.7 Å². The van der Waals surface area contributed by atoms with Crippen LogP contribution in [-0.4, -0.2) is 47.1 Å². The van der Waals surface area contributed by atoms with Gasteiger partial charge in [0.1, 0.15) is 12.1 Å². The largest absolute Gasteiger partial charge is 0.354 e. The van der Waals surface area contributed by atoms with Crippen molar-refractivity contribution in [3.05, 3.63) is 17.6 Å². The lowest BCUT2D eigenvalue weighted by Gasteiger charge is -2.38. The molecule has 0 aromatic carbocycles. The summed E-state index contributed by atoms with van der Waals surface area (Å²) in [4.78, 5) is 13.6. The van der Waals surface area contributed by atoms with Crippen LogP contribution in [0.4, 0.5) is 5.82 Å². The number of hydrogen-bond acceptors (Lipinski definition) is 5. The average molecular weight is 285 g/mol. The summed E-state index contributed by atoms with van der Waals surface area (Å²) in [5.41, 5.74) is 2.60. The first-order valence-electron chi connectivity index (χ1n) is 8.05. The van der Waals surface area contributed by atoms with Crippen LogP contribution in [0.3, 0.4) is 0 Å². The van der Waals surface area contributed by atoms with Crippen molar-refractivity contribution in [2.45, 2.75) is 45.1 Å². The Morgan fingerprint density at radius 1 is 1.24 bits per heavy atom. The van der Waals surface area contributed by atoms with E-state index in [1.54, 1.807) is 6.33 Å². The van der Waals surface area contributed by atoms with E-state index in [1.807, 2.05) is 0 Å². The number of anilines is 1.